The molecule has 2 amide bonds. The zero-order valence-electron chi connectivity index (χ0n) is 21.9. The van der Waals surface area contributed by atoms with Gasteiger partial charge in [0.2, 0.25) is 11.8 Å². The molecule has 0 saturated heterocycles. The Morgan fingerprint density at radius 2 is 1.69 bits per heavy atom. The van der Waals surface area contributed by atoms with Gasteiger partial charge in [-0.1, -0.05) is 29.8 Å². The molecule has 0 spiro atoms. The molecule has 2 rings (SSSR count). The molecule has 0 aromatic heterocycles. The molecule has 39 heavy (non-hydrogen) atoms. The lowest BCUT2D eigenvalue weighted by molar-refractivity contribution is -0.141. The minimum atomic E-state index is -1.49. The lowest BCUT2D eigenvalue weighted by Gasteiger charge is -2.25. The first-order chi connectivity index (χ1) is 18.3. The van der Waals surface area contributed by atoms with Gasteiger partial charge in [-0.3, -0.25) is 24.0 Å². The van der Waals surface area contributed by atoms with Gasteiger partial charge in [0.1, 0.15) is 24.4 Å². The van der Waals surface area contributed by atoms with E-state index < -0.39 is 60.4 Å². The molecule has 2 atom stereocenters. The number of hydrogen-bond donors (Lipinski definition) is 3. The number of nitrogens with one attached hydrogen (secondary N) is 2. The van der Waals surface area contributed by atoms with E-state index in [9.17, 15) is 33.5 Å². The summed E-state index contributed by atoms with van der Waals surface area (Å²) in [7, 11) is 1.42. The van der Waals surface area contributed by atoms with Crippen LogP contribution in [0.3, 0.4) is 0 Å². The number of amides is 2. The van der Waals surface area contributed by atoms with Gasteiger partial charge < -0.3 is 25.2 Å². The summed E-state index contributed by atoms with van der Waals surface area (Å²) in [4.78, 5) is 61.7. The normalized spacial score (nSPS) is 12.3. The molecule has 12 heteroatoms. The molecule has 210 valence electrons. The number of benzene rings is 2. The summed E-state index contributed by atoms with van der Waals surface area (Å²) in [5.74, 6) is -4.69. The van der Waals surface area contributed by atoms with Crippen LogP contribution in [-0.4, -0.2) is 60.3 Å². The van der Waals surface area contributed by atoms with Crippen LogP contribution in [0.2, 0.25) is 0 Å². The highest BCUT2D eigenvalue weighted by Crippen LogP contribution is 2.22. The number of rotatable bonds is 14. The molecule has 0 aliphatic carbocycles. The minimum Gasteiger partial charge on any atom is -0.496 e. The molecule has 0 aliphatic heterocycles. The average molecular weight is 609 g/mol. The number of Topliss-reactive ketones (excluding diaryl/α,β-unsaturated/α-hetero) is 2. The smallest absolute Gasteiger partial charge is 0.305 e. The summed E-state index contributed by atoms with van der Waals surface area (Å²) in [6, 6.07) is 5.99. The number of hydrogen-bond acceptors (Lipinski definition) is 7. The zero-order chi connectivity index (χ0) is 29.3. The van der Waals surface area contributed by atoms with E-state index in [4.69, 9.17) is 9.47 Å². The lowest BCUT2D eigenvalue weighted by Crippen LogP contribution is -2.54. The third-order valence-corrected chi connectivity index (χ3v) is 6.14. The molecular weight excluding hydrogens is 579 g/mol. The molecule has 0 unspecified atom stereocenters. The largest absolute Gasteiger partial charge is 0.496 e. The van der Waals surface area contributed by atoms with Gasteiger partial charge in [-0.25, -0.2) is 4.39 Å². The minimum absolute atomic E-state index is 0.195. The van der Waals surface area contributed by atoms with Gasteiger partial charge in [-0.2, -0.15) is 0 Å². The lowest BCUT2D eigenvalue weighted by atomic mass is 10.0. The summed E-state index contributed by atoms with van der Waals surface area (Å²) in [5.41, 5.74) is 0.818. The van der Waals surface area contributed by atoms with Crippen molar-refractivity contribution >= 4 is 45.3 Å². The average Bonchev–Trinajstić information content (AvgIpc) is 2.85. The number of carboxylic acids is 1. The third-order valence-electron chi connectivity index (χ3n) is 5.65. The first-order valence-electron chi connectivity index (χ1n) is 11.9. The Morgan fingerprint density at radius 3 is 2.26 bits per heavy atom. The summed E-state index contributed by atoms with van der Waals surface area (Å²) in [5, 5.41) is 14.2. The van der Waals surface area contributed by atoms with E-state index in [1.165, 1.54) is 32.2 Å². The first-order valence-corrected chi connectivity index (χ1v) is 12.7. The van der Waals surface area contributed by atoms with Crippen LogP contribution in [0.1, 0.15) is 43.1 Å². The highest BCUT2D eigenvalue weighted by Gasteiger charge is 2.30. The SMILES string of the molecule is COc1ccc(C(C)=O)cc1CC(=O)N[C@H](C(=O)N[C@@H](CC(=O)O)C(=O)COc1ccc(Br)cc1F)C(C)C. The van der Waals surface area contributed by atoms with Crippen LogP contribution < -0.4 is 20.1 Å². The summed E-state index contributed by atoms with van der Waals surface area (Å²) in [6.07, 6.45) is -0.949. The van der Waals surface area contributed by atoms with Crippen LogP contribution in [0.4, 0.5) is 4.39 Å². The van der Waals surface area contributed by atoms with Gasteiger partial charge in [0.15, 0.2) is 23.1 Å². The van der Waals surface area contributed by atoms with Gasteiger partial charge in [-0.05, 0) is 49.2 Å². The van der Waals surface area contributed by atoms with Crippen molar-refractivity contribution in [3.8, 4) is 11.5 Å². The molecule has 10 nitrogen and oxygen atoms in total. The number of carboxylic acid groups (broad SMARTS) is 1. The number of ketones is 2. The molecule has 3 N–H and O–H groups in total. The Kier molecular flexibility index (Phi) is 11.6. The standard InChI is InChI=1S/C27H30BrFN2O8/c1-14(2)26(31-24(34)10-17-9-16(15(3)32)5-7-22(17)38-4)27(37)30-20(12-25(35)36)21(33)13-39-23-8-6-18(28)11-19(23)29/h5-9,11,14,20,26H,10,12-13H2,1-4H3,(H,30,37)(H,31,34)(H,35,36)/t20-,26-/m0/s1. The summed E-state index contributed by atoms with van der Waals surface area (Å²) >= 11 is 3.11. The van der Waals surface area contributed by atoms with Crippen LogP contribution >= 0.6 is 15.9 Å². The van der Waals surface area contributed by atoms with E-state index in [-0.39, 0.29) is 18.0 Å². The van der Waals surface area contributed by atoms with Crippen molar-refractivity contribution in [1.82, 2.24) is 10.6 Å². The second kappa shape index (κ2) is 14.4. The Morgan fingerprint density at radius 1 is 1.03 bits per heavy atom. The van der Waals surface area contributed by atoms with Crippen LogP contribution in [0, 0.1) is 11.7 Å². The highest BCUT2D eigenvalue weighted by molar-refractivity contribution is 9.10. The maximum absolute atomic E-state index is 14.0. The molecule has 0 saturated carbocycles. The van der Waals surface area contributed by atoms with E-state index in [1.807, 2.05) is 0 Å². The zero-order valence-corrected chi connectivity index (χ0v) is 23.5. The van der Waals surface area contributed by atoms with Crippen LogP contribution in [-0.2, 0) is 25.6 Å². The second-order valence-corrected chi connectivity index (χ2v) is 9.95. The number of methoxy groups -OCH3 is 1. The Balaban J connectivity index is 2.13. The molecular formula is C27H30BrFN2O8. The highest BCUT2D eigenvalue weighted by atomic mass is 79.9. The molecule has 0 radical (unpaired) electrons. The molecule has 0 heterocycles. The third kappa shape index (κ3) is 9.47. The van der Waals surface area contributed by atoms with Crippen molar-refractivity contribution in [3.63, 3.8) is 0 Å². The predicted octanol–water partition coefficient (Wildman–Crippen LogP) is 3.09. The fraction of sp³-hybridized carbons (Fsp3) is 0.370. The van der Waals surface area contributed by atoms with Crippen LogP contribution in [0.25, 0.3) is 0 Å². The maximum atomic E-state index is 14.0. The van der Waals surface area contributed by atoms with Gasteiger partial charge in [0.05, 0.1) is 20.0 Å². The Hall–Kier alpha value is -3.80. The fourth-order valence-corrected chi connectivity index (χ4v) is 3.92. The van der Waals surface area contributed by atoms with Crippen LogP contribution in [0.5, 0.6) is 11.5 Å². The van der Waals surface area contributed by atoms with Crippen molar-refractivity contribution < 1.29 is 42.9 Å². The van der Waals surface area contributed by atoms with Gasteiger partial charge >= 0.3 is 5.97 Å². The van der Waals surface area contributed by atoms with Crippen molar-refractivity contribution in [1.29, 1.82) is 0 Å². The topological polar surface area (TPSA) is 148 Å². The van der Waals surface area contributed by atoms with Crippen molar-refractivity contribution in [2.45, 2.75) is 45.7 Å². The van der Waals surface area contributed by atoms with Crippen LogP contribution in [0.15, 0.2) is 40.9 Å². The monoisotopic (exact) mass is 608 g/mol. The van der Waals surface area contributed by atoms with Gasteiger partial charge in [0, 0.05) is 15.6 Å². The molecule has 0 fully saturated rings. The Bertz CT molecular complexity index is 1250. The predicted molar refractivity (Wildman–Crippen MR) is 142 cm³/mol. The van der Waals surface area contributed by atoms with Gasteiger partial charge in [-0.15, -0.1) is 0 Å². The maximum Gasteiger partial charge on any atom is 0.305 e. The quantitative estimate of drug-likeness (QED) is 0.277. The molecule has 2 aromatic rings. The van der Waals surface area contributed by atoms with Gasteiger partial charge in [0.25, 0.3) is 0 Å². The fourth-order valence-electron chi connectivity index (χ4n) is 3.59. The van der Waals surface area contributed by atoms with Crippen molar-refractivity contribution in [2.24, 2.45) is 5.92 Å². The summed E-state index contributed by atoms with van der Waals surface area (Å²) in [6.45, 7) is 4.02. The van der Waals surface area contributed by atoms with E-state index in [0.29, 0.717) is 21.3 Å². The first kappa shape index (κ1) is 31.4. The number of ether oxygens (including phenoxy) is 2. The number of carbonyl (C=O) groups is 5. The second-order valence-electron chi connectivity index (χ2n) is 9.04. The number of halogens is 2. The number of aliphatic carboxylic acids is 1. The van der Waals surface area contributed by atoms with E-state index in [1.54, 1.807) is 26.0 Å². The molecule has 0 bridgehead atoms. The Labute approximate surface area is 233 Å². The summed E-state index contributed by atoms with van der Waals surface area (Å²) < 4.78 is 24.9. The van der Waals surface area contributed by atoms with E-state index in [0.717, 1.165) is 6.07 Å². The van der Waals surface area contributed by atoms with E-state index in [2.05, 4.69) is 26.6 Å². The van der Waals surface area contributed by atoms with E-state index >= 15 is 0 Å². The van der Waals surface area contributed by atoms with Crippen molar-refractivity contribution in [3.05, 3.63) is 57.8 Å². The molecule has 2 aromatic carbocycles. The number of carbonyl (C=O) groups excluding carboxylic acids is 4. The molecule has 0 aliphatic rings. The van der Waals surface area contributed by atoms with Crippen molar-refractivity contribution in [2.75, 3.05) is 13.7 Å².